The second-order valence-electron chi connectivity index (χ2n) is 18.5. The van der Waals surface area contributed by atoms with Crippen LogP contribution in [0.15, 0.2) is 96.0 Å². The molecular formula is C55H57N7O10. The molecule has 17 nitrogen and oxygen atoms in total. The van der Waals surface area contributed by atoms with Crippen LogP contribution in [0.3, 0.4) is 0 Å². The predicted molar refractivity (Wildman–Crippen MR) is 272 cm³/mol. The summed E-state index contributed by atoms with van der Waals surface area (Å²) in [6.07, 6.45) is 4.81. The lowest BCUT2D eigenvalue weighted by Crippen LogP contribution is -2.50. The lowest BCUT2D eigenvalue weighted by Gasteiger charge is -2.22. The minimum atomic E-state index is -1.01. The maximum absolute atomic E-state index is 14.1. The first kappa shape index (κ1) is 48.8. The Bertz CT molecular complexity index is 3010. The highest BCUT2D eigenvalue weighted by atomic mass is 16.5. The third-order valence-corrected chi connectivity index (χ3v) is 13.3. The standard InChI is InChI=1S/C55H57N7O10/c1-31(63)12-6-11-17-51(64)58-32(2)52(65)59-33(3)53(66)60-38-19-34(29-71-49-25-43-41(23-47(49)69-4)54(67)61-39(27-56-43)21-36-13-7-9-15-45(36)61)18-35(20-38)30-72-50-26-44-42(24-48(50)70-5)55(68)62-40(28-57-44)22-37-14-8-10-16-46(37)62/h7-10,13-16,18-20,23-27,32-33,39-40,57H,6,11-12,17,21-22,28-30H2,1-5H3,(H,58,64)(H,59,65)(H,60,66)/t32-,33?,39?,40-/m0/s1. The van der Waals surface area contributed by atoms with Gasteiger partial charge in [0.15, 0.2) is 23.0 Å². The molecule has 0 bridgehead atoms. The third kappa shape index (κ3) is 10.3. The van der Waals surface area contributed by atoms with Crippen molar-refractivity contribution in [3.8, 4) is 23.0 Å². The number of anilines is 4. The average molecular weight is 976 g/mol. The molecule has 0 saturated carbocycles. The van der Waals surface area contributed by atoms with E-state index in [0.717, 1.165) is 28.9 Å². The van der Waals surface area contributed by atoms with Crippen molar-refractivity contribution >= 4 is 70.0 Å². The van der Waals surface area contributed by atoms with Gasteiger partial charge in [-0.3, -0.25) is 33.9 Å². The number of nitrogens with one attached hydrogen (secondary N) is 4. The SMILES string of the molecule is COc1cc2c(cc1OCc1cc(COc3cc4c(cc3OC)C(=O)N3c5ccccc5C[C@H]3CN4)cc(NC(=O)C(C)NC(=O)[C@H](C)NC(=O)CCCCC(C)=O)c1)N=CC1Cc3ccccc3N1C2=O. The van der Waals surface area contributed by atoms with Gasteiger partial charge in [-0.1, -0.05) is 36.4 Å². The molecule has 4 heterocycles. The van der Waals surface area contributed by atoms with Gasteiger partial charge in [0.25, 0.3) is 11.8 Å². The Hall–Kier alpha value is -8.21. The minimum Gasteiger partial charge on any atom is -0.493 e. The number of Topliss-reactive ketones (excluding diaryl/α,β-unsaturated/α-hetero) is 1. The first-order valence-electron chi connectivity index (χ1n) is 24.1. The zero-order valence-corrected chi connectivity index (χ0v) is 40.8. The van der Waals surface area contributed by atoms with Crippen LogP contribution in [0.5, 0.6) is 23.0 Å². The van der Waals surface area contributed by atoms with Crippen molar-refractivity contribution in [3.05, 3.63) is 124 Å². The lowest BCUT2D eigenvalue weighted by molar-refractivity contribution is -0.130. The van der Waals surface area contributed by atoms with Crippen LogP contribution in [0.2, 0.25) is 0 Å². The normalized spacial score (nSPS) is 16.7. The van der Waals surface area contributed by atoms with Crippen LogP contribution in [0.4, 0.5) is 28.4 Å². The highest BCUT2D eigenvalue weighted by Crippen LogP contribution is 2.43. The van der Waals surface area contributed by atoms with Crippen LogP contribution < -0.4 is 50.0 Å². The van der Waals surface area contributed by atoms with Crippen LogP contribution in [0.1, 0.15) is 89.4 Å². The quantitative estimate of drug-likeness (QED) is 0.0644. The second-order valence-corrected chi connectivity index (χ2v) is 18.5. The number of fused-ring (bicyclic) bond motifs is 8. The van der Waals surface area contributed by atoms with E-state index in [-0.39, 0.29) is 55.2 Å². The van der Waals surface area contributed by atoms with E-state index >= 15 is 0 Å². The number of hydrogen-bond donors (Lipinski definition) is 4. The van der Waals surface area contributed by atoms with Gasteiger partial charge < -0.3 is 49.9 Å². The van der Waals surface area contributed by atoms with Crippen molar-refractivity contribution in [2.45, 2.75) is 96.7 Å². The molecule has 0 radical (unpaired) electrons. The van der Waals surface area contributed by atoms with Gasteiger partial charge in [-0.25, -0.2) is 0 Å². The summed E-state index contributed by atoms with van der Waals surface area (Å²) >= 11 is 0. The molecular weight excluding hydrogens is 919 g/mol. The van der Waals surface area contributed by atoms with E-state index in [0.29, 0.717) is 94.5 Å². The summed E-state index contributed by atoms with van der Waals surface area (Å²) in [6.45, 7) is 5.09. The Labute approximate surface area is 417 Å². The van der Waals surface area contributed by atoms with Crippen LogP contribution in [0.25, 0.3) is 0 Å². The van der Waals surface area contributed by atoms with Crippen LogP contribution >= 0.6 is 0 Å². The molecule has 5 aromatic carbocycles. The topological polar surface area (TPSA) is 206 Å². The van der Waals surface area contributed by atoms with Crippen molar-refractivity contribution in [2.24, 2.45) is 4.99 Å². The van der Waals surface area contributed by atoms with Crippen molar-refractivity contribution < 1.29 is 47.7 Å². The van der Waals surface area contributed by atoms with Gasteiger partial charge in [-0.05, 0) is 105 Å². The van der Waals surface area contributed by atoms with E-state index in [9.17, 15) is 28.8 Å². The number of carbonyl (C=O) groups is 6. The molecule has 4 aliphatic heterocycles. The molecule has 5 aromatic rings. The third-order valence-electron chi connectivity index (χ3n) is 13.3. The number of amides is 5. The number of ketones is 1. The zero-order chi connectivity index (χ0) is 50.6. The number of methoxy groups -OCH3 is 2. The molecule has 0 saturated heterocycles. The number of carbonyl (C=O) groups excluding carboxylic acids is 6. The van der Waals surface area contributed by atoms with Crippen molar-refractivity contribution in [3.63, 3.8) is 0 Å². The Morgan fingerprint density at radius 1 is 0.694 bits per heavy atom. The number of unbranched alkanes of at least 4 members (excludes halogenated alkanes) is 1. The largest absolute Gasteiger partial charge is 0.493 e. The molecule has 4 aliphatic rings. The van der Waals surface area contributed by atoms with E-state index in [4.69, 9.17) is 23.9 Å². The monoisotopic (exact) mass is 975 g/mol. The lowest BCUT2D eigenvalue weighted by atomic mass is 10.1. The molecule has 17 heteroatoms. The van der Waals surface area contributed by atoms with E-state index in [1.165, 1.54) is 35.0 Å². The van der Waals surface area contributed by atoms with Gasteiger partial charge in [0, 0.05) is 61.2 Å². The van der Waals surface area contributed by atoms with Gasteiger partial charge in [0.1, 0.15) is 31.1 Å². The fraction of sp³-hybridized carbons (Fsp3) is 0.327. The van der Waals surface area contributed by atoms with Gasteiger partial charge >= 0.3 is 0 Å². The number of ether oxygens (including phenoxy) is 4. The fourth-order valence-corrected chi connectivity index (χ4v) is 9.62. The van der Waals surface area contributed by atoms with E-state index in [1.54, 1.807) is 47.5 Å². The summed E-state index contributed by atoms with van der Waals surface area (Å²) in [5, 5.41) is 11.7. The fourth-order valence-electron chi connectivity index (χ4n) is 9.62. The van der Waals surface area contributed by atoms with Crippen LogP contribution in [-0.4, -0.2) is 86.5 Å². The number of aliphatic imine (C=N–C) groups is 1. The minimum absolute atomic E-state index is 0.0000288. The zero-order valence-electron chi connectivity index (χ0n) is 40.8. The average Bonchev–Trinajstić information content (AvgIpc) is 3.86. The van der Waals surface area contributed by atoms with Gasteiger partial charge in [0.05, 0.1) is 48.8 Å². The molecule has 0 aliphatic carbocycles. The molecule has 72 heavy (non-hydrogen) atoms. The molecule has 9 rings (SSSR count). The summed E-state index contributed by atoms with van der Waals surface area (Å²) < 4.78 is 24.4. The molecule has 2 unspecified atom stereocenters. The van der Waals surface area contributed by atoms with Crippen LogP contribution in [-0.2, 0) is 45.2 Å². The Morgan fingerprint density at radius 2 is 1.29 bits per heavy atom. The summed E-state index contributed by atoms with van der Waals surface area (Å²) in [5.41, 5.74) is 7.44. The van der Waals surface area contributed by atoms with Crippen molar-refractivity contribution in [1.82, 2.24) is 10.6 Å². The van der Waals surface area contributed by atoms with E-state index < -0.39 is 23.9 Å². The summed E-state index contributed by atoms with van der Waals surface area (Å²) in [7, 11) is 3.01. The number of rotatable bonds is 18. The molecule has 0 fully saturated rings. The molecule has 4 atom stereocenters. The number of nitrogens with zero attached hydrogens (tertiary/aromatic N) is 3. The predicted octanol–water partition coefficient (Wildman–Crippen LogP) is 7.24. The first-order chi connectivity index (χ1) is 34.8. The van der Waals surface area contributed by atoms with E-state index in [1.807, 2.05) is 59.5 Å². The first-order valence-corrected chi connectivity index (χ1v) is 24.1. The van der Waals surface area contributed by atoms with Gasteiger partial charge in [-0.15, -0.1) is 0 Å². The molecule has 0 spiro atoms. The smallest absolute Gasteiger partial charge is 0.261 e. The second kappa shape index (κ2) is 21.0. The molecule has 372 valence electrons. The Kier molecular flexibility index (Phi) is 14.2. The number of benzene rings is 5. The van der Waals surface area contributed by atoms with Gasteiger partial charge in [0.2, 0.25) is 17.7 Å². The van der Waals surface area contributed by atoms with Crippen molar-refractivity contribution in [1.29, 1.82) is 0 Å². The van der Waals surface area contributed by atoms with Crippen LogP contribution in [0, 0.1) is 0 Å². The summed E-state index contributed by atoms with van der Waals surface area (Å²) in [5.74, 6) is -0.290. The highest BCUT2D eigenvalue weighted by Gasteiger charge is 2.39. The molecule has 4 N–H and O–H groups in total. The Balaban J connectivity index is 0.939. The Morgan fingerprint density at radius 3 is 1.97 bits per heavy atom. The maximum atomic E-state index is 14.1. The molecule has 5 amide bonds. The van der Waals surface area contributed by atoms with E-state index in [2.05, 4.69) is 21.3 Å². The summed E-state index contributed by atoms with van der Waals surface area (Å²) in [4.78, 5) is 87.1. The number of para-hydroxylation sites is 2. The summed E-state index contributed by atoms with van der Waals surface area (Å²) in [6, 6.07) is 25.6. The van der Waals surface area contributed by atoms with Gasteiger partial charge in [-0.2, -0.15) is 0 Å². The van der Waals surface area contributed by atoms with Crippen molar-refractivity contribution in [2.75, 3.05) is 41.2 Å². The number of hydrogen-bond acceptors (Lipinski definition) is 12. The maximum Gasteiger partial charge on any atom is 0.261 e. The highest BCUT2D eigenvalue weighted by molar-refractivity contribution is 6.15. The molecule has 0 aromatic heterocycles.